The molecule has 31 heavy (non-hydrogen) atoms. The van der Waals surface area contributed by atoms with Crippen LogP contribution in [0.4, 0.5) is 0 Å². The van der Waals surface area contributed by atoms with E-state index in [1.54, 1.807) is 0 Å². The largest absolute Gasteiger partial charge is 0.493 e. The van der Waals surface area contributed by atoms with E-state index in [-0.39, 0.29) is 24.0 Å². The van der Waals surface area contributed by atoms with Gasteiger partial charge in [0.2, 0.25) is 0 Å². The Balaban J connectivity index is 0.00000480. The Labute approximate surface area is 206 Å². The molecule has 1 saturated heterocycles. The molecular weight excluding hydrogens is 503 g/mol. The average molecular weight is 547 g/mol. The van der Waals surface area contributed by atoms with E-state index in [1.165, 1.54) is 5.56 Å². The summed E-state index contributed by atoms with van der Waals surface area (Å²) in [4.78, 5) is 6.89. The Morgan fingerprint density at radius 1 is 1.23 bits per heavy atom. The van der Waals surface area contributed by atoms with Crippen molar-refractivity contribution < 1.29 is 9.47 Å². The number of ether oxygens (including phenoxy) is 2. The number of halogens is 1. The van der Waals surface area contributed by atoms with Crippen molar-refractivity contribution in [2.75, 3.05) is 40.0 Å². The molecular formula is C24H43IN4O2. The average Bonchev–Trinajstić information content (AvgIpc) is 3.22. The summed E-state index contributed by atoms with van der Waals surface area (Å²) in [6.07, 6.45) is 2.17. The van der Waals surface area contributed by atoms with Gasteiger partial charge in [0.05, 0.1) is 13.2 Å². The molecule has 0 saturated carbocycles. The van der Waals surface area contributed by atoms with Gasteiger partial charge in [-0.05, 0) is 59.1 Å². The van der Waals surface area contributed by atoms with Crippen LogP contribution in [0.1, 0.15) is 51.7 Å². The lowest BCUT2D eigenvalue weighted by atomic mass is 10.1. The molecule has 2 N–H and O–H groups in total. The number of nitrogens with one attached hydrogen (secondary N) is 2. The Kier molecular flexibility index (Phi) is 13.4. The maximum absolute atomic E-state index is 6.15. The third-order valence-electron chi connectivity index (χ3n) is 5.60. The molecule has 1 aliphatic heterocycles. The van der Waals surface area contributed by atoms with Crippen LogP contribution < -0.4 is 15.4 Å². The first kappa shape index (κ1) is 28.0. The number of aliphatic imine (C=N–C) groups is 1. The van der Waals surface area contributed by atoms with E-state index in [0.717, 1.165) is 56.4 Å². The molecule has 178 valence electrons. The Morgan fingerprint density at radius 3 is 2.58 bits per heavy atom. The van der Waals surface area contributed by atoms with E-state index in [9.17, 15) is 0 Å². The number of hydrogen-bond acceptors (Lipinski definition) is 4. The molecule has 1 atom stereocenters. The van der Waals surface area contributed by atoms with Gasteiger partial charge in [-0.3, -0.25) is 9.89 Å². The van der Waals surface area contributed by atoms with Gasteiger partial charge in [0.1, 0.15) is 5.75 Å². The van der Waals surface area contributed by atoms with E-state index in [0.29, 0.717) is 31.2 Å². The molecule has 0 radical (unpaired) electrons. The van der Waals surface area contributed by atoms with Crippen molar-refractivity contribution in [1.29, 1.82) is 0 Å². The van der Waals surface area contributed by atoms with Crippen molar-refractivity contribution in [3.8, 4) is 5.75 Å². The Morgan fingerprint density at radius 2 is 1.97 bits per heavy atom. The van der Waals surface area contributed by atoms with E-state index in [2.05, 4.69) is 73.3 Å². The first-order valence-electron chi connectivity index (χ1n) is 11.4. The molecule has 0 spiro atoms. The lowest BCUT2D eigenvalue weighted by Crippen LogP contribution is -2.41. The number of aryl methyl sites for hydroxylation is 1. The molecule has 0 aliphatic carbocycles. The summed E-state index contributed by atoms with van der Waals surface area (Å²) in [5.74, 6) is 2.28. The van der Waals surface area contributed by atoms with Crippen LogP contribution in [0.3, 0.4) is 0 Å². The van der Waals surface area contributed by atoms with Crippen LogP contribution in [0, 0.1) is 12.8 Å². The van der Waals surface area contributed by atoms with Crippen LogP contribution >= 0.6 is 24.0 Å². The summed E-state index contributed by atoms with van der Waals surface area (Å²) >= 11 is 0. The van der Waals surface area contributed by atoms with Gasteiger partial charge in [0.25, 0.3) is 0 Å². The number of rotatable bonds is 11. The topological polar surface area (TPSA) is 58.1 Å². The number of hydrogen-bond donors (Lipinski definition) is 2. The zero-order chi connectivity index (χ0) is 21.9. The quantitative estimate of drug-likeness (QED) is 0.189. The highest BCUT2D eigenvalue weighted by atomic mass is 127. The first-order chi connectivity index (χ1) is 14.4. The summed E-state index contributed by atoms with van der Waals surface area (Å²) in [5, 5.41) is 6.86. The third kappa shape index (κ3) is 9.95. The van der Waals surface area contributed by atoms with Crippen LogP contribution in [0.2, 0.25) is 0 Å². The summed E-state index contributed by atoms with van der Waals surface area (Å²) in [7, 11) is 1.82. The van der Waals surface area contributed by atoms with Crippen LogP contribution in [0.5, 0.6) is 5.75 Å². The maximum atomic E-state index is 6.15. The number of benzene rings is 1. The summed E-state index contributed by atoms with van der Waals surface area (Å²) in [5.41, 5.74) is 2.35. The fourth-order valence-corrected chi connectivity index (χ4v) is 3.85. The molecule has 0 aromatic heterocycles. The van der Waals surface area contributed by atoms with Crippen molar-refractivity contribution >= 4 is 29.9 Å². The summed E-state index contributed by atoms with van der Waals surface area (Å²) < 4.78 is 11.6. The fourth-order valence-electron chi connectivity index (χ4n) is 3.85. The standard InChI is InChI=1S/C24H42N4O2.HI/c1-18(2)28(19(3)4)12-7-11-26-24(25-6)27-15-22-9-8-20(5)14-23(22)30-17-21-10-13-29-16-21;/h8-9,14,18-19,21H,7,10-13,15-17H2,1-6H3,(H2,25,26,27);1H. The molecule has 1 fully saturated rings. The monoisotopic (exact) mass is 546 g/mol. The van der Waals surface area contributed by atoms with Crippen molar-refractivity contribution in [3.05, 3.63) is 29.3 Å². The molecule has 0 amide bonds. The second-order valence-electron chi connectivity index (χ2n) is 8.78. The van der Waals surface area contributed by atoms with Crippen LogP contribution in [-0.2, 0) is 11.3 Å². The summed E-state index contributed by atoms with van der Waals surface area (Å²) in [6, 6.07) is 7.52. The molecule has 7 heteroatoms. The number of nitrogens with zero attached hydrogens (tertiary/aromatic N) is 2. The highest BCUT2D eigenvalue weighted by Crippen LogP contribution is 2.22. The molecule has 6 nitrogen and oxygen atoms in total. The fraction of sp³-hybridized carbons (Fsp3) is 0.708. The van der Waals surface area contributed by atoms with Gasteiger partial charge < -0.3 is 20.1 Å². The van der Waals surface area contributed by atoms with E-state index < -0.39 is 0 Å². The van der Waals surface area contributed by atoms with E-state index in [1.807, 2.05) is 7.05 Å². The zero-order valence-electron chi connectivity index (χ0n) is 20.2. The van der Waals surface area contributed by atoms with Gasteiger partial charge in [0.15, 0.2) is 5.96 Å². The molecule has 0 bridgehead atoms. The molecule has 1 heterocycles. The second kappa shape index (κ2) is 14.9. The van der Waals surface area contributed by atoms with E-state index >= 15 is 0 Å². The SMILES string of the molecule is CN=C(NCCCN(C(C)C)C(C)C)NCc1ccc(C)cc1OCC1CCOC1.I. The predicted molar refractivity (Wildman–Crippen MR) is 141 cm³/mol. The normalized spacial score (nSPS) is 16.7. The molecule has 1 aromatic carbocycles. The zero-order valence-corrected chi connectivity index (χ0v) is 22.6. The highest BCUT2D eigenvalue weighted by Gasteiger charge is 2.17. The predicted octanol–water partition coefficient (Wildman–Crippen LogP) is 4.20. The van der Waals surface area contributed by atoms with Crippen molar-refractivity contribution in [2.24, 2.45) is 10.9 Å². The number of guanidine groups is 1. The molecule has 1 unspecified atom stereocenters. The Hall–Kier alpha value is -1.06. The molecule has 2 rings (SSSR count). The lowest BCUT2D eigenvalue weighted by Gasteiger charge is -2.30. The van der Waals surface area contributed by atoms with Crippen LogP contribution in [0.25, 0.3) is 0 Å². The minimum atomic E-state index is 0. The van der Waals surface area contributed by atoms with Crippen molar-refractivity contribution in [1.82, 2.24) is 15.5 Å². The minimum absolute atomic E-state index is 0. The van der Waals surface area contributed by atoms with E-state index in [4.69, 9.17) is 9.47 Å². The smallest absolute Gasteiger partial charge is 0.191 e. The van der Waals surface area contributed by atoms with Gasteiger partial charge in [0, 0.05) is 56.9 Å². The minimum Gasteiger partial charge on any atom is -0.493 e. The first-order valence-corrected chi connectivity index (χ1v) is 11.4. The highest BCUT2D eigenvalue weighted by molar-refractivity contribution is 14.0. The second-order valence-corrected chi connectivity index (χ2v) is 8.78. The Bertz CT molecular complexity index is 653. The summed E-state index contributed by atoms with van der Waals surface area (Å²) in [6.45, 7) is 16.2. The maximum Gasteiger partial charge on any atom is 0.191 e. The van der Waals surface area contributed by atoms with Gasteiger partial charge in [-0.1, -0.05) is 12.1 Å². The van der Waals surface area contributed by atoms with Gasteiger partial charge in [-0.15, -0.1) is 24.0 Å². The van der Waals surface area contributed by atoms with Crippen LogP contribution in [0.15, 0.2) is 23.2 Å². The molecule has 1 aliphatic rings. The van der Waals surface area contributed by atoms with Gasteiger partial charge in [-0.2, -0.15) is 0 Å². The van der Waals surface area contributed by atoms with Crippen molar-refractivity contribution in [3.63, 3.8) is 0 Å². The van der Waals surface area contributed by atoms with Crippen molar-refractivity contribution in [2.45, 2.75) is 66.1 Å². The van der Waals surface area contributed by atoms with Gasteiger partial charge in [-0.25, -0.2) is 0 Å². The lowest BCUT2D eigenvalue weighted by molar-refractivity contribution is 0.166. The van der Waals surface area contributed by atoms with Gasteiger partial charge >= 0.3 is 0 Å². The van der Waals surface area contributed by atoms with Crippen LogP contribution in [-0.4, -0.2) is 62.9 Å². The molecule has 1 aromatic rings. The third-order valence-corrected chi connectivity index (χ3v) is 5.60.